The van der Waals surface area contributed by atoms with Crippen LogP contribution < -0.4 is 10.5 Å². The molecule has 3 atom stereocenters. The average molecular weight is 299 g/mol. The number of hydrogen-bond acceptors (Lipinski definition) is 2. The first-order chi connectivity index (χ1) is 9.94. The lowest BCUT2D eigenvalue weighted by Crippen LogP contribution is -2.26. The van der Waals surface area contributed by atoms with Crippen molar-refractivity contribution in [2.75, 3.05) is 0 Å². The summed E-state index contributed by atoms with van der Waals surface area (Å²) in [5.74, 6) is 2.02. The lowest BCUT2D eigenvalue weighted by Gasteiger charge is -2.13. The van der Waals surface area contributed by atoms with Crippen LogP contribution in [0.1, 0.15) is 31.2 Å². The van der Waals surface area contributed by atoms with Crippen LogP contribution in [0.4, 0.5) is 13.2 Å². The lowest BCUT2D eigenvalue weighted by molar-refractivity contribution is -0.274. The summed E-state index contributed by atoms with van der Waals surface area (Å²) in [6.07, 6.45) is 1.30. The molecule has 0 bridgehead atoms. The van der Waals surface area contributed by atoms with Crippen molar-refractivity contribution in [2.45, 2.75) is 44.5 Å². The molecule has 116 valence electrons. The molecule has 2 saturated carbocycles. The number of fused-ring (bicyclic) bond motifs is 1. The molecular weight excluding hydrogens is 279 g/mol. The van der Waals surface area contributed by atoms with Gasteiger partial charge in [-0.2, -0.15) is 0 Å². The SMILES string of the molecule is NC(Cc1ccc(OC(F)(F)F)cc1)C1C2CCCCC21. The molecule has 2 aliphatic carbocycles. The summed E-state index contributed by atoms with van der Waals surface area (Å²) in [5, 5.41) is 0. The Balaban J connectivity index is 1.55. The number of ether oxygens (including phenoxy) is 1. The molecule has 0 saturated heterocycles. The predicted molar refractivity (Wildman–Crippen MR) is 73.7 cm³/mol. The molecule has 2 fully saturated rings. The average Bonchev–Trinajstić information content (AvgIpc) is 3.13. The number of rotatable bonds is 4. The van der Waals surface area contributed by atoms with E-state index < -0.39 is 6.36 Å². The van der Waals surface area contributed by atoms with Gasteiger partial charge in [0, 0.05) is 6.04 Å². The normalized spacial score (nSPS) is 29.6. The van der Waals surface area contributed by atoms with Crippen molar-refractivity contribution in [1.29, 1.82) is 0 Å². The highest BCUT2D eigenvalue weighted by Gasteiger charge is 2.52. The summed E-state index contributed by atoms with van der Waals surface area (Å²) in [6.45, 7) is 0. The maximum absolute atomic E-state index is 12.1. The summed E-state index contributed by atoms with van der Waals surface area (Å²) in [4.78, 5) is 0. The summed E-state index contributed by atoms with van der Waals surface area (Å²) in [5.41, 5.74) is 7.27. The molecule has 3 rings (SSSR count). The standard InChI is InChI=1S/C16H20F3NO/c17-16(18,19)21-11-7-5-10(6-8-11)9-14(20)15-12-3-1-2-4-13(12)15/h5-8,12-15H,1-4,9,20H2. The first kappa shape index (κ1) is 14.7. The second-order valence-electron chi connectivity index (χ2n) is 6.25. The molecule has 2 aliphatic rings. The van der Waals surface area contributed by atoms with E-state index in [0.717, 1.165) is 23.8 Å². The van der Waals surface area contributed by atoms with Gasteiger partial charge < -0.3 is 10.5 Å². The molecule has 0 heterocycles. The third-order valence-electron chi connectivity index (χ3n) is 4.85. The fourth-order valence-electron chi connectivity index (χ4n) is 3.92. The molecule has 0 radical (unpaired) electrons. The van der Waals surface area contributed by atoms with E-state index >= 15 is 0 Å². The highest BCUT2D eigenvalue weighted by Crippen LogP contribution is 2.56. The predicted octanol–water partition coefficient (Wildman–Crippen LogP) is 3.89. The molecular formula is C16H20F3NO. The van der Waals surface area contributed by atoms with Crippen molar-refractivity contribution in [3.05, 3.63) is 29.8 Å². The third kappa shape index (κ3) is 3.51. The van der Waals surface area contributed by atoms with E-state index in [1.165, 1.54) is 37.8 Å². The van der Waals surface area contributed by atoms with E-state index in [2.05, 4.69) is 4.74 Å². The molecule has 1 aromatic carbocycles. The van der Waals surface area contributed by atoms with Crippen molar-refractivity contribution in [3.8, 4) is 5.75 Å². The van der Waals surface area contributed by atoms with Crippen LogP contribution in [0, 0.1) is 17.8 Å². The van der Waals surface area contributed by atoms with Crippen LogP contribution in [0.3, 0.4) is 0 Å². The van der Waals surface area contributed by atoms with E-state index in [0.29, 0.717) is 5.92 Å². The van der Waals surface area contributed by atoms with Crippen LogP contribution in [0.25, 0.3) is 0 Å². The summed E-state index contributed by atoms with van der Waals surface area (Å²) >= 11 is 0. The van der Waals surface area contributed by atoms with Crippen molar-refractivity contribution >= 4 is 0 Å². The molecule has 2 nitrogen and oxygen atoms in total. The van der Waals surface area contributed by atoms with Crippen LogP contribution in [0.15, 0.2) is 24.3 Å². The Kier molecular flexibility index (Phi) is 3.86. The van der Waals surface area contributed by atoms with Crippen molar-refractivity contribution in [3.63, 3.8) is 0 Å². The molecule has 1 aromatic rings. The molecule has 2 N–H and O–H groups in total. The number of alkyl halides is 3. The van der Waals surface area contributed by atoms with E-state index in [4.69, 9.17) is 5.73 Å². The molecule has 21 heavy (non-hydrogen) atoms. The Bertz CT molecular complexity index is 473. The quantitative estimate of drug-likeness (QED) is 0.915. The zero-order chi connectivity index (χ0) is 15.0. The third-order valence-corrected chi connectivity index (χ3v) is 4.85. The largest absolute Gasteiger partial charge is 0.573 e. The van der Waals surface area contributed by atoms with E-state index in [-0.39, 0.29) is 11.8 Å². The van der Waals surface area contributed by atoms with Gasteiger partial charge in [-0.3, -0.25) is 0 Å². The summed E-state index contributed by atoms with van der Waals surface area (Å²) < 4.78 is 40.1. The van der Waals surface area contributed by atoms with E-state index in [9.17, 15) is 13.2 Å². The second-order valence-corrected chi connectivity index (χ2v) is 6.25. The van der Waals surface area contributed by atoms with Gasteiger partial charge in [-0.1, -0.05) is 25.0 Å². The van der Waals surface area contributed by atoms with Crippen molar-refractivity contribution in [1.82, 2.24) is 0 Å². The second kappa shape index (κ2) is 5.52. The minimum atomic E-state index is -4.64. The van der Waals surface area contributed by atoms with Gasteiger partial charge in [0.05, 0.1) is 0 Å². The minimum absolute atomic E-state index is 0.118. The Labute approximate surface area is 122 Å². The van der Waals surface area contributed by atoms with Gasteiger partial charge in [-0.15, -0.1) is 13.2 Å². The molecule has 0 aromatic heterocycles. The highest BCUT2D eigenvalue weighted by molar-refractivity contribution is 5.28. The van der Waals surface area contributed by atoms with Gasteiger partial charge in [0.25, 0.3) is 0 Å². The first-order valence-electron chi connectivity index (χ1n) is 7.54. The number of nitrogens with two attached hydrogens (primary N) is 1. The maximum Gasteiger partial charge on any atom is 0.573 e. The van der Waals surface area contributed by atoms with Gasteiger partial charge in [0.2, 0.25) is 0 Å². The van der Waals surface area contributed by atoms with Gasteiger partial charge in [0.1, 0.15) is 5.75 Å². The fourth-order valence-corrected chi connectivity index (χ4v) is 3.92. The molecule has 0 amide bonds. The van der Waals surface area contributed by atoms with E-state index in [1.807, 2.05) is 0 Å². The number of halogens is 3. The van der Waals surface area contributed by atoms with Gasteiger partial charge in [-0.25, -0.2) is 0 Å². The minimum Gasteiger partial charge on any atom is -0.406 e. The highest BCUT2D eigenvalue weighted by atomic mass is 19.4. The monoisotopic (exact) mass is 299 g/mol. The smallest absolute Gasteiger partial charge is 0.406 e. The Morgan fingerprint density at radius 1 is 1.10 bits per heavy atom. The number of benzene rings is 1. The first-order valence-corrected chi connectivity index (χ1v) is 7.54. The topological polar surface area (TPSA) is 35.2 Å². The van der Waals surface area contributed by atoms with Gasteiger partial charge in [-0.05, 0) is 54.7 Å². The molecule has 3 unspecified atom stereocenters. The Morgan fingerprint density at radius 3 is 2.19 bits per heavy atom. The molecule has 0 aliphatic heterocycles. The van der Waals surface area contributed by atoms with Crippen LogP contribution in [0.5, 0.6) is 5.75 Å². The van der Waals surface area contributed by atoms with Crippen LogP contribution in [-0.4, -0.2) is 12.4 Å². The zero-order valence-electron chi connectivity index (χ0n) is 11.8. The lowest BCUT2D eigenvalue weighted by atomic mass is 10.0. The Morgan fingerprint density at radius 2 is 1.67 bits per heavy atom. The zero-order valence-corrected chi connectivity index (χ0v) is 11.8. The number of hydrogen-bond donors (Lipinski definition) is 1. The van der Waals surface area contributed by atoms with Gasteiger partial charge in [0.15, 0.2) is 0 Å². The summed E-state index contributed by atoms with van der Waals surface area (Å²) in [6, 6.07) is 6.18. The fraction of sp³-hybridized carbons (Fsp3) is 0.625. The summed E-state index contributed by atoms with van der Waals surface area (Å²) in [7, 11) is 0. The van der Waals surface area contributed by atoms with Crippen molar-refractivity contribution < 1.29 is 17.9 Å². The van der Waals surface area contributed by atoms with Crippen LogP contribution in [-0.2, 0) is 6.42 Å². The molecule has 0 spiro atoms. The maximum atomic E-state index is 12.1. The Hall–Kier alpha value is -1.23. The molecule has 5 heteroatoms. The van der Waals surface area contributed by atoms with Crippen LogP contribution >= 0.6 is 0 Å². The van der Waals surface area contributed by atoms with E-state index in [1.54, 1.807) is 12.1 Å². The van der Waals surface area contributed by atoms with Crippen molar-refractivity contribution in [2.24, 2.45) is 23.5 Å². The van der Waals surface area contributed by atoms with Gasteiger partial charge >= 0.3 is 6.36 Å². The van der Waals surface area contributed by atoms with Crippen LogP contribution in [0.2, 0.25) is 0 Å².